The van der Waals surface area contributed by atoms with Gasteiger partial charge in [0.25, 0.3) is 0 Å². The molecule has 0 aliphatic carbocycles. The number of hydrogen-bond donors (Lipinski definition) is 2. The summed E-state index contributed by atoms with van der Waals surface area (Å²) in [5, 5.41) is 6.52. The van der Waals surface area contributed by atoms with Gasteiger partial charge in [0.1, 0.15) is 5.82 Å². The molecule has 1 saturated heterocycles. The first-order valence-electron chi connectivity index (χ1n) is 8.40. The molecule has 1 heterocycles. The summed E-state index contributed by atoms with van der Waals surface area (Å²) in [6.45, 7) is 9.76. The molecular formula is C18H28FN3O. The molecule has 0 aromatic heterocycles. The van der Waals surface area contributed by atoms with Gasteiger partial charge in [0.05, 0.1) is 6.04 Å². The van der Waals surface area contributed by atoms with Crippen LogP contribution in [-0.2, 0) is 11.3 Å². The van der Waals surface area contributed by atoms with Crippen LogP contribution >= 0.6 is 0 Å². The third kappa shape index (κ3) is 5.01. The van der Waals surface area contributed by atoms with Crippen LogP contribution in [0.15, 0.2) is 24.3 Å². The van der Waals surface area contributed by atoms with E-state index in [4.69, 9.17) is 0 Å². The van der Waals surface area contributed by atoms with Crippen LogP contribution in [0.1, 0.15) is 39.7 Å². The lowest BCUT2D eigenvalue weighted by Crippen LogP contribution is -2.47. The van der Waals surface area contributed by atoms with Crippen LogP contribution in [0.3, 0.4) is 0 Å². The van der Waals surface area contributed by atoms with Gasteiger partial charge >= 0.3 is 0 Å². The van der Waals surface area contributed by atoms with Crippen molar-refractivity contribution in [3.05, 3.63) is 35.6 Å². The molecule has 4 nitrogen and oxygen atoms in total. The van der Waals surface area contributed by atoms with Crippen molar-refractivity contribution < 1.29 is 9.18 Å². The molecule has 0 saturated carbocycles. The van der Waals surface area contributed by atoms with E-state index in [1.165, 1.54) is 12.1 Å². The van der Waals surface area contributed by atoms with Gasteiger partial charge in [-0.1, -0.05) is 12.1 Å². The predicted octanol–water partition coefficient (Wildman–Crippen LogP) is 2.29. The Morgan fingerprint density at radius 2 is 1.91 bits per heavy atom. The highest BCUT2D eigenvalue weighted by Crippen LogP contribution is 2.21. The number of carbonyl (C=O) groups is 1. The Balaban J connectivity index is 1.93. The minimum atomic E-state index is -0.217. The van der Waals surface area contributed by atoms with E-state index in [9.17, 15) is 9.18 Å². The number of halogens is 1. The van der Waals surface area contributed by atoms with E-state index >= 15 is 0 Å². The van der Waals surface area contributed by atoms with E-state index in [1.54, 1.807) is 12.1 Å². The maximum Gasteiger partial charge on any atom is 0.237 e. The number of likely N-dealkylation sites (tertiary alicyclic amines) is 1. The van der Waals surface area contributed by atoms with E-state index in [1.807, 2.05) is 13.8 Å². The lowest BCUT2D eigenvalue weighted by molar-refractivity contribution is -0.126. The third-order valence-corrected chi connectivity index (χ3v) is 4.24. The fourth-order valence-corrected chi connectivity index (χ4v) is 3.08. The normalized spacial score (nSPS) is 22.0. The maximum absolute atomic E-state index is 12.9. The zero-order chi connectivity index (χ0) is 17.0. The second-order valence-electron chi connectivity index (χ2n) is 6.91. The van der Waals surface area contributed by atoms with Gasteiger partial charge < -0.3 is 10.6 Å². The maximum atomic E-state index is 12.9. The van der Waals surface area contributed by atoms with Gasteiger partial charge in [0.15, 0.2) is 0 Å². The fourth-order valence-electron chi connectivity index (χ4n) is 3.08. The van der Waals surface area contributed by atoms with Crippen molar-refractivity contribution in [2.75, 3.05) is 6.54 Å². The van der Waals surface area contributed by atoms with Gasteiger partial charge in [-0.05, 0) is 51.8 Å². The minimum Gasteiger partial charge on any atom is -0.353 e. The highest BCUT2D eigenvalue weighted by atomic mass is 19.1. The van der Waals surface area contributed by atoms with Crippen molar-refractivity contribution in [2.45, 2.75) is 64.8 Å². The number of rotatable bonds is 6. The first-order chi connectivity index (χ1) is 10.9. The van der Waals surface area contributed by atoms with Crippen molar-refractivity contribution >= 4 is 5.91 Å². The van der Waals surface area contributed by atoms with Gasteiger partial charge in [-0.25, -0.2) is 4.39 Å². The number of amides is 1. The Bertz CT molecular complexity index is 516. The molecule has 1 aromatic carbocycles. The molecule has 0 bridgehead atoms. The predicted molar refractivity (Wildman–Crippen MR) is 90.6 cm³/mol. The summed E-state index contributed by atoms with van der Waals surface area (Å²) in [6.07, 6.45) is 0.804. The summed E-state index contributed by atoms with van der Waals surface area (Å²) < 4.78 is 12.9. The van der Waals surface area contributed by atoms with Gasteiger partial charge in [0.2, 0.25) is 5.91 Å². The Morgan fingerprint density at radius 3 is 2.48 bits per heavy atom. The molecule has 0 spiro atoms. The fraction of sp³-hybridized carbons (Fsp3) is 0.611. The van der Waals surface area contributed by atoms with Crippen LogP contribution in [0.25, 0.3) is 0 Å². The highest BCUT2D eigenvalue weighted by Gasteiger charge is 2.37. The quantitative estimate of drug-likeness (QED) is 0.845. The summed E-state index contributed by atoms with van der Waals surface area (Å²) in [5.41, 5.74) is 1.05. The van der Waals surface area contributed by atoms with Crippen LogP contribution in [0, 0.1) is 5.82 Å². The molecule has 1 fully saturated rings. The molecule has 0 unspecified atom stereocenters. The average Bonchev–Trinajstić information content (AvgIpc) is 2.90. The monoisotopic (exact) mass is 321 g/mol. The smallest absolute Gasteiger partial charge is 0.237 e. The molecular weight excluding hydrogens is 293 g/mol. The van der Waals surface area contributed by atoms with Crippen LogP contribution < -0.4 is 10.6 Å². The summed E-state index contributed by atoms with van der Waals surface area (Å²) in [5.74, 6) is -0.106. The lowest BCUT2D eigenvalue weighted by Gasteiger charge is -2.27. The molecule has 1 amide bonds. The number of carbonyl (C=O) groups excluding carboxylic acids is 1. The van der Waals surface area contributed by atoms with Crippen molar-refractivity contribution in [3.63, 3.8) is 0 Å². The van der Waals surface area contributed by atoms with Gasteiger partial charge in [-0.2, -0.15) is 0 Å². The standard InChI is InChI=1S/C18H28FN3O/c1-12(2)21-18(23)17-9-16(11-22(17)13(3)4)20-10-14-5-7-15(19)8-6-14/h5-8,12-13,16-17,20H,9-11H2,1-4H3,(H,21,23)/t16-,17+/m1/s1. The Morgan fingerprint density at radius 1 is 1.26 bits per heavy atom. The first kappa shape index (κ1) is 17.9. The number of hydrogen-bond acceptors (Lipinski definition) is 3. The van der Waals surface area contributed by atoms with Crippen LogP contribution in [-0.4, -0.2) is 41.5 Å². The van der Waals surface area contributed by atoms with E-state index < -0.39 is 0 Å². The summed E-state index contributed by atoms with van der Waals surface area (Å²) >= 11 is 0. The van der Waals surface area contributed by atoms with Crippen molar-refractivity contribution in [3.8, 4) is 0 Å². The molecule has 5 heteroatoms. The molecule has 2 N–H and O–H groups in total. The SMILES string of the molecule is CC(C)NC(=O)[C@@H]1C[C@@H](NCc2ccc(F)cc2)CN1C(C)C. The zero-order valence-corrected chi connectivity index (χ0v) is 14.5. The second kappa shape index (κ2) is 7.88. The number of nitrogens with one attached hydrogen (secondary N) is 2. The molecule has 2 atom stereocenters. The highest BCUT2D eigenvalue weighted by molar-refractivity contribution is 5.82. The number of nitrogens with zero attached hydrogens (tertiary/aromatic N) is 1. The summed E-state index contributed by atoms with van der Waals surface area (Å²) in [7, 11) is 0. The van der Waals surface area contributed by atoms with E-state index in [0.717, 1.165) is 18.5 Å². The molecule has 128 valence electrons. The molecule has 1 aromatic rings. The topological polar surface area (TPSA) is 44.4 Å². The average molecular weight is 321 g/mol. The molecule has 1 aliphatic heterocycles. The van der Waals surface area contributed by atoms with Crippen LogP contribution in [0.5, 0.6) is 0 Å². The summed E-state index contributed by atoms with van der Waals surface area (Å²) in [6, 6.07) is 7.21. The summed E-state index contributed by atoms with van der Waals surface area (Å²) in [4.78, 5) is 14.7. The minimum absolute atomic E-state index is 0.0804. The molecule has 2 rings (SSSR count). The van der Waals surface area contributed by atoms with Gasteiger partial charge in [0, 0.05) is 31.2 Å². The van der Waals surface area contributed by atoms with Crippen molar-refractivity contribution in [1.29, 1.82) is 0 Å². The Labute approximate surface area is 138 Å². The molecule has 0 radical (unpaired) electrons. The zero-order valence-electron chi connectivity index (χ0n) is 14.5. The van der Waals surface area contributed by atoms with Crippen LogP contribution in [0.2, 0.25) is 0 Å². The lowest BCUT2D eigenvalue weighted by atomic mass is 10.1. The second-order valence-corrected chi connectivity index (χ2v) is 6.91. The molecule has 23 heavy (non-hydrogen) atoms. The van der Waals surface area contributed by atoms with E-state index in [0.29, 0.717) is 12.6 Å². The largest absolute Gasteiger partial charge is 0.353 e. The van der Waals surface area contributed by atoms with Crippen molar-refractivity contribution in [1.82, 2.24) is 15.5 Å². The van der Waals surface area contributed by atoms with E-state index in [-0.39, 0.29) is 29.8 Å². The Kier molecular flexibility index (Phi) is 6.13. The van der Waals surface area contributed by atoms with Crippen LogP contribution in [0.4, 0.5) is 4.39 Å². The molecule has 1 aliphatic rings. The van der Waals surface area contributed by atoms with Gasteiger partial charge in [-0.15, -0.1) is 0 Å². The number of benzene rings is 1. The van der Waals surface area contributed by atoms with E-state index in [2.05, 4.69) is 29.4 Å². The Hall–Kier alpha value is -1.46. The van der Waals surface area contributed by atoms with Crippen molar-refractivity contribution in [2.24, 2.45) is 0 Å². The first-order valence-corrected chi connectivity index (χ1v) is 8.40. The van der Waals surface area contributed by atoms with Gasteiger partial charge in [-0.3, -0.25) is 9.69 Å². The third-order valence-electron chi connectivity index (χ3n) is 4.24.